The number of carbonyl (C=O) groups excluding carboxylic acids is 2. The minimum Gasteiger partial charge on any atom is -0.382 e. The molecule has 0 fully saturated rings. The molecule has 1 aromatic carbocycles. The molecule has 1 atom stereocenters. The topological polar surface area (TPSA) is 105 Å². The third kappa shape index (κ3) is 4.24. The van der Waals surface area contributed by atoms with Gasteiger partial charge in [-0.1, -0.05) is 28.9 Å². The molecule has 128 valence electrons. The summed E-state index contributed by atoms with van der Waals surface area (Å²) in [5.41, 5.74) is 6.34. The fourth-order valence-corrected chi connectivity index (χ4v) is 2.32. The van der Waals surface area contributed by atoms with Crippen LogP contribution in [0.1, 0.15) is 12.0 Å². The summed E-state index contributed by atoms with van der Waals surface area (Å²) in [5.74, 6) is -0.517. The molecule has 1 aromatic heterocycles. The van der Waals surface area contributed by atoms with Crippen molar-refractivity contribution >= 4 is 34.9 Å². The number of para-hydroxylation sites is 1. The van der Waals surface area contributed by atoms with Gasteiger partial charge in [-0.2, -0.15) is 0 Å². The SMILES string of the molecule is O=C(NNC(=O)[C@H]1CC(c2cccnc2)=NO1)Nc1ccccc1Cl. The summed E-state index contributed by atoms with van der Waals surface area (Å²) in [6, 6.07) is 9.70. The Bertz CT molecular complexity index is 812. The molecular weight excluding hydrogens is 346 g/mol. The molecular formula is C16H14ClN5O3. The molecule has 0 unspecified atom stereocenters. The molecule has 9 heteroatoms. The molecule has 3 amide bonds. The highest BCUT2D eigenvalue weighted by Crippen LogP contribution is 2.20. The van der Waals surface area contributed by atoms with Crippen LogP contribution < -0.4 is 16.2 Å². The van der Waals surface area contributed by atoms with Crippen LogP contribution in [0, 0.1) is 0 Å². The quantitative estimate of drug-likeness (QED) is 0.729. The lowest BCUT2D eigenvalue weighted by Gasteiger charge is -2.12. The van der Waals surface area contributed by atoms with Gasteiger partial charge in [0.25, 0.3) is 5.91 Å². The number of halogens is 1. The molecule has 25 heavy (non-hydrogen) atoms. The van der Waals surface area contributed by atoms with Gasteiger partial charge in [0.15, 0.2) is 0 Å². The molecule has 2 aromatic rings. The van der Waals surface area contributed by atoms with Gasteiger partial charge in [0.2, 0.25) is 6.10 Å². The van der Waals surface area contributed by atoms with Crippen molar-refractivity contribution in [3.63, 3.8) is 0 Å². The number of pyridine rings is 1. The van der Waals surface area contributed by atoms with Gasteiger partial charge in [0.05, 0.1) is 16.4 Å². The molecule has 0 aliphatic carbocycles. The van der Waals surface area contributed by atoms with Crippen LogP contribution >= 0.6 is 11.6 Å². The van der Waals surface area contributed by atoms with E-state index in [1.165, 1.54) is 0 Å². The highest BCUT2D eigenvalue weighted by molar-refractivity contribution is 6.33. The van der Waals surface area contributed by atoms with E-state index in [9.17, 15) is 9.59 Å². The lowest BCUT2D eigenvalue weighted by molar-refractivity contribution is -0.131. The maximum atomic E-state index is 12.1. The number of urea groups is 1. The normalized spacial score (nSPS) is 15.7. The summed E-state index contributed by atoms with van der Waals surface area (Å²) < 4.78 is 0. The Balaban J connectivity index is 1.47. The van der Waals surface area contributed by atoms with E-state index in [0.717, 1.165) is 5.56 Å². The third-order valence-electron chi connectivity index (χ3n) is 3.38. The molecule has 3 rings (SSSR count). The largest absolute Gasteiger partial charge is 0.382 e. The molecule has 0 saturated carbocycles. The Morgan fingerprint density at radius 2 is 2.00 bits per heavy atom. The maximum Gasteiger partial charge on any atom is 0.337 e. The van der Waals surface area contributed by atoms with E-state index in [2.05, 4.69) is 26.3 Å². The first kappa shape index (κ1) is 16.7. The number of rotatable bonds is 3. The summed E-state index contributed by atoms with van der Waals surface area (Å²) in [4.78, 5) is 32.9. The first-order valence-electron chi connectivity index (χ1n) is 7.38. The van der Waals surface area contributed by atoms with Crippen LogP contribution in [0.5, 0.6) is 0 Å². The molecule has 1 aliphatic rings. The van der Waals surface area contributed by atoms with Gasteiger partial charge in [0.1, 0.15) is 0 Å². The van der Waals surface area contributed by atoms with Crippen molar-refractivity contribution in [2.24, 2.45) is 5.16 Å². The van der Waals surface area contributed by atoms with E-state index in [1.54, 1.807) is 42.7 Å². The van der Waals surface area contributed by atoms with Gasteiger partial charge >= 0.3 is 6.03 Å². The second-order valence-corrected chi connectivity index (χ2v) is 5.53. The third-order valence-corrected chi connectivity index (χ3v) is 3.71. The van der Waals surface area contributed by atoms with Crippen LogP contribution in [0.3, 0.4) is 0 Å². The fourth-order valence-electron chi connectivity index (χ4n) is 2.14. The first-order valence-corrected chi connectivity index (χ1v) is 7.76. The van der Waals surface area contributed by atoms with E-state index >= 15 is 0 Å². The predicted octanol–water partition coefficient (Wildman–Crippen LogP) is 2.08. The average Bonchev–Trinajstić information content (AvgIpc) is 3.13. The minimum atomic E-state index is -0.823. The predicted molar refractivity (Wildman–Crippen MR) is 92.0 cm³/mol. The van der Waals surface area contributed by atoms with Crippen LogP contribution in [0.25, 0.3) is 0 Å². The number of hydrogen-bond acceptors (Lipinski definition) is 5. The zero-order chi connectivity index (χ0) is 17.6. The van der Waals surface area contributed by atoms with Gasteiger partial charge in [0, 0.05) is 24.4 Å². The van der Waals surface area contributed by atoms with Crippen molar-refractivity contribution in [2.45, 2.75) is 12.5 Å². The van der Waals surface area contributed by atoms with Crippen LogP contribution in [-0.2, 0) is 9.63 Å². The van der Waals surface area contributed by atoms with E-state index < -0.39 is 18.0 Å². The molecule has 0 radical (unpaired) electrons. The van der Waals surface area contributed by atoms with Crippen LogP contribution in [0.4, 0.5) is 10.5 Å². The summed E-state index contributed by atoms with van der Waals surface area (Å²) in [7, 11) is 0. The smallest absolute Gasteiger partial charge is 0.337 e. The summed E-state index contributed by atoms with van der Waals surface area (Å²) in [6.07, 6.45) is 2.74. The molecule has 3 N–H and O–H groups in total. The number of anilines is 1. The zero-order valence-corrected chi connectivity index (χ0v) is 13.7. The second kappa shape index (κ2) is 7.63. The van der Waals surface area contributed by atoms with Gasteiger partial charge < -0.3 is 10.2 Å². The Hall–Kier alpha value is -3.13. The van der Waals surface area contributed by atoms with E-state index in [0.29, 0.717) is 16.4 Å². The van der Waals surface area contributed by atoms with Crippen molar-refractivity contribution in [1.82, 2.24) is 15.8 Å². The molecule has 2 heterocycles. The number of nitrogens with zero attached hydrogens (tertiary/aromatic N) is 2. The van der Waals surface area contributed by atoms with Crippen molar-refractivity contribution in [1.29, 1.82) is 0 Å². The number of hydrogen-bond donors (Lipinski definition) is 3. The van der Waals surface area contributed by atoms with Gasteiger partial charge in [-0.15, -0.1) is 0 Å². The second-order valence-electron chi connectivity index (χ2n) is 5.13. The maximum absolute atomic E-state index is 12.1. The fraction of sp³-hybridized carbons (Fsp3) is 0.125. The van der Waals surface area contributed by atoms with E-state index in [4.69, 9.17) is 16.4 Å². The Kier molecular flexibility index (Phi) is 5.10. The summed E-state index contributed by atoms with van der Waals surface area (Å²) in [5, 5.41) is 6.79. The standard InChI is InChI=1S/C16H14ClN5O3/c17-11-5-1-2-6-12(11)19-16(24)21-20-15(23)14-8-13(22-25-14)10-4-3-7-18-9-10/h1-7,9,14H,8H2,(H,20,23)(H2,19,21,24)/t14-/m1/s1. The van der Waals surface area contributed by atoms with Crippen molar-refractivity contribution in [3.8, 4) is 0 Å². The molecule has 8 nitrogen and oxygen atoms in total. The molecule has 0 bridgehead atoms. The van der Waals surface area contributed by atoms with Crippen molar-refractivity contribution in [2.75, 3.05) is 5.32 Å². The van der Waals surface area contributed by atoms with Gasteiger partial charge in [-0.25, -0.2) is 10.2 Å². The van der Waals surface area contributed by atoms with Gasteiger partial charge in [-0.05, 0) is 24.3 Å². The van der Waals surface area contributed by atoms with Crippen LogP contribution in [0.15, 0.2) is 53.9 Å². The number of benzene rings is 1. The number of aromatic nitrogens is 1. The number of carbonyl (C=O) groups is 2. The molecule has 1 aliphatic heterocycles. The first-order chi connectivity index (χ1) is 12.1. The lowest BCUT2D eigenvalue weighted by atomic mass is 10.1. The number of hydrazine groups is 1. The van der Waals surface area contributed by atoms with Gasteiger partial charge in [-0.3, -0.25) is 15.2 Å². The zero-order valence-electron chi connectivity index (χ0n) is 12.9. The Morgan fingerprint density at radius 3 is 2.76 bits per heavy atom. The van der Waals surface area contributed by atoms with Crippen molar-refractivity contribution < 1.29 is 14.4 Å². The van der Waals surface area contributed by atoms with Crippen LogP contribution in [0.2, 0.25) is 5.02 Å². The highest BCUT2D eigenvalue weighted by Gasteiger charge is 2.29. The van der Waals surface area contributed by atoms with Crippen molar-refractivity contribution in [3.05, 3.63) is 59.4 Å². The molecule has 0 spiro atoms. The van der Waals surface area contributed by atoms with E-state index in [1.807, 2.05) is 6.07 Å². The monoisotopic (exact) mass is 359 g/mol. The summed E-state index contributed by atoms with van der Waals surface area (Å²) in [6.45, 7) is 0. The summed E-state index contributed by atoms with van der Waals surface area (Å²) >= 11 is 5.94. The lowest BCUT2D eigenvalue weighted by Crippen LogP contribution is -2.48. The highest BCUT2D eigenvalue weighted by atomic mass is 35.5. The molecule has 0 saturated heterocycles. The number of oxime groups is 1. The number of nitrogens with one attached hydrogen (secondary N) is 3. The van der Waals surface area contributed by atoms with E-state index in [-0.39, 0.29) is 6.42 Å². The Labute approximate surface area is 148 Å². The number of amides is 3. The average molecular weight is 360 g/mol. The Morgan fingerprint density at radius 1 is 1.16 bits per heavy atom. The van der Waals surface area contributed by atoms with Crippen LogP contribution in [-0.4, -0.2) is 28.7 Å². The minimum absolute atomic E-state index is 0.283.